The van der Waals surface area contributed by atoms with Crippen LogP contribution < -0.4 is 14.8 Å². The Kier molecular flexibility index (Phi) is 5.82. The van der Waals surface area contributed by atoms with Crippen molar-refractivity contribution in [2.24, 2.45) is 0 Å². The molecule has 0 bridgehead atoms. The summed E-state index contributed by atoms with van der Waals surface area (Å²) in [6.07, 6.45) is 5.00. The summed E-state index contributed by atoms with van der Waals surface area (Å²) in [7, 11) is 3.32. The van der Waals surface area contributed by atoms with Gasteiger partial charge >= 0.3 is 0 Å². The van der Waals surface area contributed by atoms with E-state index < -0.39 is 0 Å². The van der Waals surface area contributed by atoms with Crippen molar-refractivity contribution in [3.05, 3.63) is 59.7 Å². The molecule has 3 rings (SSSR count). The van der Waals surface area contributed by atoms with E-state index in [0.29, 0.717) is 13.0 Å². The molecule has 2 aromatic carbocycles. The zero-order valence-corrected chi connectivity index (χ0v) is 15.6. The van der Waals surface area contributed by atoms with Gasteiger partial charge in [-0.15, -0.1) is 0 Å². The maximum absolute atomic E-state index is 12.5. The lowest BCUT2D eigenvalue weighted by molar-refractivity contribution is -0.120. The van der Waals surface area contributed by atoms with E-state index in [-0.39, 0.29) is 11.3 Å². The number of rotatable bonds is 7. The Hall–Kier alpha value is -2.49. The predicted molar refractivity (Wildman–Crippen MR) is 103 cm³/mol. The first kappa shape index (κ1) is 18.3. The van der Waals surface area contributed by atoms with Gasteiger partial charge in [-0.2, -0.15) is 0 Å². The quantitative estimate of drug-likeness (QED) is 0.822. The third kappa shape index (κ3) is 4.18. The summed E-state index contributed by atoms with van der Waals surface area (Å²) < 4.78 is 10.5. The van der Waals surface area contributed by atoms with Crippen LogP contribution in [0.15, 0.2) is 48.5 Å². The lowest BCUT2D eigenvalue weighted by Gasteiger charge is -2.30. The molecule has 0 aliphatic heterocycles. The second kappa shape index (κ2) is 8.26. The number of ether oxygens (including phenoxy) is 2. The van der Waals surface area contributed by atoms with E-state index in [1.54, 1.807) is 14.2 Å². The summed E-state index contributed by atoms with van der Waals surface area (Å²) in [5, 5.41) is 3.17. The van der Waals surface area contributed by atoms with Gasteiger partial charge in [0.25, 0.3) is 0 Å². The molecule has 4 heteroatoms. The second-order valence-electron chi connectivity index (χ2n) is 7.02. The molecule has 1 aliphatic carbocycles. The highest BCUT2D eigenvalue weighted by molar-refractivity contribution is 5.78. The SMILES string of the molecule is COc1ccc(C2(CNC(=O)Cc3cccc(OC)c3)CCCC2)cc1. The molecule has 0 atom stereocenters. The van der Waals surface area contributed by atoms with Crippen molar-refractivity contribution in [2.75, 3.05) is 20.8 Å². The molecule has 0 radical (unpaired) electrons. The summed E-state index contributed by atoms with van der Waals surface area (Å²) in [6, 6.07) is 16.0. The van der Waals surface area contributed by atoms with E-state index in [1.165, 1.54) is 18.4 Å². The predicted octanol–water partition coefficient (Wildman–Crippen LogP) is 3.87. The van der Waals surface area contributed by atoms with Crippen LogP contribution in [0.2, 0.25) is 0 Å². The molecule has 1 N–H and O–H groups in total. The molecule has 4 nitrogen and oxygen atoms in total. The minimum absolute atomic E-state index is 0.0380. The van der Waals surface area contributed by atoms with E-state index in [4.69, 9.17) is 9.47 Å². The van der Waals surface area contributed by atoms with Gasteiger partial charge in [-0.25, -0.2) is 0 Å². The number of hydrogen-bond donors (Lipinski definition) is 1. The van der Waals surface area contributed by atoms with Gasteiger partial charge in [0.05, 0.1) is 20.6 Å². The van der Waals surface area contributed by atoms with Gasteiger partial charge in [0.15, 0.2) is 0 Å². The molecule has 1 aliphatic rings. The van der Waals surface area contributed by atoms with Crippen LogP contribution in [-0.4, -0.2) is 26.7 Å². The van der Waals surface area contributed by atoms with E-state index >= 15 is 0 Å². The summed E-state index contributed by atoms with van der Waals surface area (Å²) in [6.45, 7) is 0.683. The molecule has 1 fully saturated rings. The molecule has 26 heavy (non-hydrogen) atoms. The van der Waals surface area contributed by atoms with E-state index in [1.807, 2.05) is 36.4 Å². The Bertz CT molecular complexity index is 733. The third-order valence-corrected chi connectivity index (χ3v) is 5.39. The Morgan fingerprint density at radius 2 is 1.69 bits per heavy atom. The first-order chi connectivity index (χ1) is 12.6. The van der Waals surface area contributed by atoms with Crippen LogP contribution in [0, 0.1) is 0 Å². The Morgan fingerprint density at radius 1 is 1.00 bits per heavy atom. The van der Waals surface area contributed by atoms with Crippen molar-refractivity contribution in [3.8, 4) is 11.5 Å². The van der Waals surface area contributed by atoms with Crippen LogP contribution >= 0.6 is 0 Å². The fourth-order valence-electron chi connectivity index (χ4n) is 3.86. The van der Waals surface area contributed by atoms with Gasteiger partial charge < -0.3 is 14.8 Å². The lowest BCUT2D eigenvalue weighted by Crippen LogP contribution is -2.39. The topological polar surface area (TPSA) is 47.6 Å². The largest absolute Gasteiger partial charge is 0.497 e. The fraction of sp³-hybridized carbons (Fsp3) is 0.409. The minimum Gasteiger partial charge on any atom is -0.497 e. The summed E-state index contributed by atoms with van der Waals surface area (Å²) >= 11 is 0. The molecule has 0 heterocycles. The van der Waals surface area contributed by atoms with Crippen molar-refractivity contribution in [1.29, 1.82) is 0 Å². The molecule has 2 aromatic rings. The zero-order valence-electron chi connectivity index (χ0n) is 15.6. The van der Waals surface area contributed by atoms with Crippen molar-refractivity contribution < 1.29 is 14.3 Å². The third-order valence-electron chi connectivity index (χ3n) is 5.39. The highest BCUT2D eigenvalue weighted by Crippen LogP contribution is 2.41. The maximum Gasteiger partial charge on any atom is 0.224 e. The van der Waals surface area contributed by atoms with Crippen LogP contribution in [0.1, 0.15) is 36.8 Å². The molecule has 138 valence electrons. The summed E-state index contributed by atoms with van der Waals surface area (Å²) in [5.74, 6) is 1.70. The number of amides is 1. The zero-order chi connectivity index (χ0) is 18.4. The van der Waals surface area contributed by atoms with E-state index in [0.717, 1.165) is 29.9 Å². The lowest BCUT2D eigenvalue weighted by atomic mass is 9.78. The van der Waals surface area contributed by atoms with Crippen LogP contribution in [0.3, 0.4) is 0 Å². The van der Waals surface area contributed by atoms with Crippen molar-refractivity contribution >= 4 is 5.91 Å². The van der Waals surface area contributed by atoms with E-state index in [2.05, 4.69) is 17.4 Å². The number of methoxy groups -OCH3 is 2. The normalized spacial score (nSPS) is 15.5. The Balaban J connectivity index is 1.65. The van der Waals surface area contributed by atoms with Crippen LogP contribution in [0.25, 0.3) is 0 Å². The van der Waals surface area contributed by atoms with Crippen molar-refractivity contribution in [2.45, 2.75) is 37.5 Å². The number of carbonyl (C=O) groups is 1. The standard InChI is InChI=1S/C22H27NO3/c1-25-19-10-8-18(9-11-19)22(12-3-4-13-22)16-23-21(24)15-17-6-5-7-20(14-17)26-2/h5-11,14H,3-4,12-13,15-16H2,1-2H3,(H,23,24). The van der Waals surface area contributed by atoms with Crippen LogP contribution in [-0.2, 0) is 16.6 Å². The van der Waals surface area contributed by atoms with Gasteiger partial charge in [-0.05, 0) is 48.2 Å². The molecule has 1 amide bonds. The highest BCUT2D eigenvalue weighted by atomic mass is 16.5. The van der Waals surface area contributed by atoms with Crippen LogP contribution in [0.5, 0.6) is 11.5 Å². The van der Waals surface area contributed by atoms with Gasteiger partial charge in [0.2, 0.25) is 5.91 Å². The van der Waals surface area contributed by atoms with Crippen LogP contribution in [0.4, 0.5) is 0 Å². The fourth-order valence-corrected chi connectivity index (χ4v) is 3.86. The monoisotopic (exact) mass is 353 g/mol. The number of nitrogens with one attached hydrogen (secondary N) is 1. The smallest absolute Gasteiger partial charge is 0.224 e. The molecular formula is C22H27NO3. The van der Waals surface area contributed by atoms with Gasteiger partial charge in [-0.3, -0.25) is 4.79 Å². The van der Waals surface area contributed by atoms with Gasteiger partial charge in [0, 0.05) is 12.0 Å². The molecule has 1 saturated carbocycles. The summed E-state index contributed by atoms with van der Waals surface area (Å²) in [4.78, 5) is 12.5. The molecule has 0 spiro atoms. The number of carbonyl (C=O) groups excluding carboxylic acids is 1. The molecular weight excluding hydrogens is 326 g/mol. The molecule has 0 aromatic heterocycles. The Labute approximate surface area is 155 Å². The molecule has 0 saturated heterocycles. The van der Waals surface area contributed by atoms with Crippen molar-refractivity contribution in [3.63, 3.8) is 0 Å². The first-order valence-corrected chi connectivity index (χ1v) is 9.19. The Morgan fingerprint density at radius 3 is 2.35 bits per heavy atom. The van der Waals surface area contributed by atoms with Crippen molar-refractivity contribution in [1.82, 2.24) is 5.32 Å². The minimum atomic E-state index is 0.0380. The number of hydrogen-bond acceptors (Lipinski definition) is 3. The van der Waals surface area contributed by atoms with Gasteiger partial charge in [-0.1, -0.05) is 37.1 Å². The maximum atomic E-state index is 12.5. The van der Waals surface area contributed by atoms with Gasteiger partial charge in [0.1, 0.15) is 11.5 Å². The highest BCUT2D eigenvalue weighted by Gasteiger charge is 2.35. The second-order valence-corrected chi connectivity index (χ2v) is 7.02. The molecule has 0 unspecified atom stereocenters. The average molecular weight is 353 g/mol. The first-order valence-electron chi connectivity index (χ1n) is 9.19. The number of benzene rings is 2. The average Bonchev–Trinajstić information content (AvgIpc) is 3.17. The van der Waals surface area contributed by atoms with E-state index in [9.17, 15) is 4.79 Å². The summed E-state index contributed by atoms with van der Waals surface area (Å²) in [5.41, 5.74) is 2.29.